The molecule has 6 nitrogen and oxygen atoms in total. The number of rotatable bonds is 6. The van der Waals surface area contributed by atoms with Gasteiger partial charge < -0.3 is 19.5 Å². The number of benzene rings is 2. The molecule has 0 bridgehead atoms. The maximum atomic E-state index is 12.6. The van der Waals surface area contributed by atoms with Crippen LogP contribution in [0.5, 0.6) is 17.2 Å². The van der Waals surface area contributed by atoms with E-state index in [1.54, 1.807) is 37.8 Å². The van der Waals surface area contributed by atoms with Crippen LogP contribution < -0.4 is 19.5 Å². The van der Waals surface area contributed by atoms with E-state index in [2.05, 4.69) is 10.3 Å². The molecule has 134 valence electrons. The van der Waals surface area contributed by atoms with Gasteiger partial charge in [0, 0.05) is 11.4 Å². The molecule has 0 aliphatic rings. The zero-order valence-electron chi connectivity index (χ0n) is 14.6. The van der Waals surface area contributed by atoms with Crippen LogP contribution in [0.15, 0.2) is 47.8 Å². The zero-order chi connectivity index (χ0) is 18.5. The first kappa shape index (κ1) is 17.8. The van der Waals surface area contributed by atoms with Gasteiger partial charge >= 0.3 is 0 Å². The maximum Gasteiger partial charge on any atom is 0.275 e. The van der Waals surface area contributed by atoms with Crippen LogP contribution in [-0.2, 0) is 0 Å². The Morgan fingerprint density at radius 3 is 2.50 bits per heavy atom. The summed E-state index contributed by atoms with van der Waals surface area (Å²) >= 11 is 1.38. The van der Waals surface area contributed by atoms with Gasteiger partial charge in [-0.05, 0) is 24.3 Å². The minimum absolute atomic E-state index is 0.314. The van der Waals surface area contributed by atoms with Gasteiger partial charge in [0.25, 0.3) is 5.91 Å². The molecular weight excluding hydrogens is 352 g/mol. The number of carbonyl (C=O) groups is 1. The lowest BCUT2D eigenvalue weighted by atomic mass is 10.2. The van der Waals surface area contributed by atoms with E-state index >= 15 is 0 Å². The molecule has 26 heavy (non-hydrogen) atoms. The highest BCUT2D eigenvalue weighted by molar-refractivity contribution is 7.13. The van der Waals surface area contributed by atoms with E-state index in [-0.39, 0.29) is 5.91 Å². The van der Waals surface area contributed by atoms with E-state index in [1.807, 2.05) is 24.3 Å². The Morgan fingerprint density at radius 2 is 1.77 bits per heavy atom. The molecule has 0 aliphatic carbocycles. The van der Waals surface area contributed by atoms with Crippen molar-refractivity contribution in [2.45, 2.75) is 0 Å². The highest BCUT2D eigenvalue weighted by atomic mass is 32.1. The molecule has 1 heterocycles. The molecule has 1 amide bonds. The van der Waals surface area contributed by atoms with Crippen LogP contribution in [-0.4, -0.2) is 32.2 Å². The maximum absolute atomic E-state index is 12.6. The molecule has 0 unspecified atom stereocenters. The molecule has 0 aliphatic heterocycles. The normalized spacial score (nSPS) is 10.3. The van der Waals surface area contributed by atoms with Crippen LogP contribution >= 0.6 is 11.3 Å². The summed E-state index contributed by atoms with van der Waals surface area (Å²) in [6, 6.07) is 12.7. The number of hydrogen-bond donors (Lipinski definition) is 1. The number of ether oxygens (including phenoxy) is 3. The topological polar surface area (TPSA) is 69.7 Å². The largest absolute Gasteiger partial charge is 0.497 e. The Bertz CT molecular complexity index is 923. The first-order chi connectivity index (χ1) is 12.7. The number of carbonyl (C=O) groups excluding carboxylic acids is 1. The van der Waals surface area contributed by atoms with Crippen LogP contribution in [0.3, 0.4) is 0 Å². The van der Waals surface area contributed by atoms with Gasteiger partial charge in [0.1, 0.15) is 28.0 Å². The van der Waals surface area contributed by atoms with Gasteiger partial charge in [-0.1, -0.05) is 12.1 Å². The van der Waals surface area contributed by atoms with Gasteiger partial charge in [0.15, 0.2) is 0 Å². The van der Waals surface area contributed by atoms with Crippen molar-refractivity contribution in [2.75, 3.05) is 26.6 Å². The molecule has 0 fully saturated rings. The lowest BCUT2D eigenvalue weighted by Gasteiger charge is -2.10. The molecule has 0 spiro atoms. The Balaban J connectivity index is 1.83. The van der Waals surface area contributed by atoms with E-state index < -0.39 is 0 Å². The molecule has 0 atom stereocenters. The molecular formula is C19H18N2O4S. The van der Waals surface area contributed by atoms with Crippen molar-refractivity contribution in [3.63, 3.8) is 0 Å². The quantitative estimate of drug-likeness (QED) is 0.708. The molecule has 0 saturated carbocycles. The average molecular weight is 370 g/mol. The van der Waals surface area contributed by atoms with Gasteiger partial charge in [0.05, 0.1) is 32.6 Å². The number of para-hydroxylation sites is 1. The Hall–Kier alpha value is -3.06. The first-order valence-corrected chi connectivity index (χ1v) is 8.66. The van der Waals surface area contributed by atoms with Crippen LogP contribution in [0.2, 0.25) is 0 Å². The van der Waals surface area contributed by atoms with Gasteiger partial charge in [-0.3, -0.25) is 4.79 Å². The summed E-state index contributed by atoms with van der Waals surface area (Å²) < 4.78 is 15.8. The van der Waals surface area contributed by atoms with Crippen molar-refractivity contribution in [1.29, 1.82) is 0 Å². The summed E-state index contributed by atoms with van der Waals surface area (Å²) in [4.78, 5) is 17.0. The third-order valence-electron chi connectivity index (χ3n) is 3.73. The van der Waals surface area contributed by atoms with Crippen LogP contribution in [0.4, 0.5) is 5.69 Å². The third kappa shape index (κ3) is 3.62. The first-order valence-electron chi connectivity index (χ1n) is 7.78. The fraction of sp³-hybridized carbons (Fsp3) is 0.158. The van der Waals surface area contributed by atoms with Gasteiger partial charge in [-0.25, -0.2) is 4.98 Å². The van der Waals surface area contributed by atoms with E-state index in [9.17, 15) is 4.79 Å². The van der Waals surface area contributed by atoms with E-state index in [0.29, 0.717) is 33.6 Å². The second-order valence-electron chi connectivity index (χ2n) is 5.26. The van der Waals surface area contributed by atoms with Crippen molar-refractivity contribution in [3.8, 4) is 27.8 Å². The van der Waals surface area contributed by atoms with E-state index in [0.717, 1.165) is 5.56 Å². The molecule has 0 saturated heterocycles. The summed E-state index contributed by atoms with van der Waals surface area (Å²) in [6.07, 6.45) is 0. The minimum atomic E-state index is -0.314. The molecule has 3 aromatic rings. The average Bonchev–Trinajstić information content (AvgIpc) is 3.18. The monoisotopic (exact) mass is 370 g/mol. The Kier molecular flexibility index (Phi) is 5.38. The summed E-state index contributed by atoms with van der Waals surface area (Å²) in [5, 5.41) is 5.25. The van der Waals surface area contributed by atoms with Crippen molar-refractivity contribution >= 4 is 22.9 Å². The smallest absolute Gasteiger partial charge is 0.275 e. The lowest BCUT2D eigenvalue weighted by Crippen LogP contribution is -2.13. The van der Waals surface area contributed by atoms with Crippen LogP contribution in [0.1, 0.15) is 10.5 Å². The number of amides is 1. The molecule has 2 aromatic carbocycles. The molecule has 1 N–H and O–H groups in total. The second-order valence-corrected chi connectivity index (χ2v) is 6.12. The molecule has 3 rings (SSSR count). The lowest BCUT2D eigenvalue weighted by molar-refractivity contribution is 0.102. The van der Waals surface area contributed by atoms with E-state index in [4.69, 9.17) is 14.2 Å². The fourth-order valence-electron chi connectivity index (χ4n) is 2.41. The SMILES string of the molecule is COc1ccc(NC(=O)c2csc(-c3ccccc3OC)n2)c(OC)c1. The van der Waals surface area contributed by atoms with Crippen LogP contribution in [0, 0.1) is 0 Å². The predicted molar refractivity (Wildman–Crippen MR) is 102 cm³/mol. The van der Waals surface area contributed by atoms with Gasteiger partial charge in [0.2, 0.25) is 0 Å². The van der Waals surface area contributed by atoms with E-state index in [1.165, 1.54) is 18.4 Å². The Labute approximate surface area is 155 Å². The number of nitrogens with zero attached hydrogens (tertiary/aromatic N) is 1. The molecule has 0 radical (unpaired) electrons. The van der Waals surface area contributed by atoms with Gasteiger partial charge in [-0.15, -0.1) is 11.3 Å². The zero-order valence-corrected chi connectivity index (χ0v) is 15.4. The summed E-state index contributed by atoms with van der Waals surface area (Å²) in [5.74, 6) is 1.56. The number of aromatic nitrogens is 1. The summed E-state index contributed by atoms with van der Waals surface area (Å²) in [6.45, 7) is 0. The van der Waals surface area contributed by atoms with Crippen LogP contribution in [0.25, 0.3) is 10.6 Å². The standard InChI is InChI=1S/C19H18N2O4S/c1-23-12-8-9-14(17(10-12)25-3)20-18(22)15-11-26-19(21-15)13-6-4-5-7-16(13)24-2/h4-11H,1-3H3,(H,20,22). The van der Waals surface area contributed by atoms with Crippen molar-refractivity contribution < 1.29 is 19.0 Å². The van der Waals surface area contributed by atoms with Gasteiger partial charge in [-0.2, -0.15) is 0 Å². The molecule has 7 heteroatoms. The highest BCUT2D eigenvalue weighted by Gasteiger charge is 2.16. The minimum Gasteiger partial charge on any atom is -0.497 e. The second kappa shape index (κ2) is 7.88. The molecule has 1 aromatic heterocycles. The number of anilines is 1. The highest BCUT2D eigenvalue weighted by Crippen LogP contribution is 2.33. The fourth-order valence-corrected chi connectivity index (χ4v) is 3.24. The third-order valence-corrected chi connectivity index (χ3v) is 4.61. The number of thiazole rings is 1. The number of methoxy groups -OCH3 is 3. The summed E-state index contributed by atoms with van der Waals surface area (Å²) in [7, 11) is 4.71. The van der Waals surface area contributed by atoms with Crippen molar-refractivity contribution in [2.24, 2.45) is 0 Å². The predicted octanol–water partition coefficient (Wildman–Crippen LogP) is 4.09. The van der Waals surface area contributed by atoms with Crippen molar-refractivity contribution in [3.05, 3.63) is 53.5 Å². The summed E-state index contributed by atoms with van der Waals surface area (Å²) in [5.41, 5.74) is 1.72. The number of nitrogens with one attached hydrogen (secondary N) is 1. The number of hydrogen-bond acceptors (Lipinski definition) is 6. The van der Waals surface area contributed by atoms with Crippen molar-refractivity contribution in [1.82, 2.24) is 4.98 Å². The Morgan fingerprint density at radius 1 is 1.00 bits per heavy atom.